The number of oxazole rings is 1. The number of likely N-dealkylation sites (tertiary alicyclic amines) is 1. The highest BCUT2D eigenvalue weighted by Gasteiger charge is 2.32. The standard InChI is InChI=1S/C21H28N2O5S/c1-14-7-5-8-15(2)23(14)20(24)13-29(25,26)12-19-16(3)28-21(22-19)17-9-6-10-18(11-17)27-4/h6,9-11,14-15H,5,7-8,12-13H2,1-4H3. The molecule has 0 aliphatic carbocycles. The molecule has 0 saturated carbocycles. The van der Waals surface area contributed by atoms with Gasteiger partial charge in [-0.2, -0.15) is 0 Å². The summed E-state index contributed by atoms with van der Waals surface area (Å²) in [5, 5.41) is 0. The molecule has 3 rings (SSSR count). The van der Waals surface area contributed by atoms with Gasteiger partial charge in [-0.15, -0.1) is 0 Å². The molecule has 2 unspecified atom stereocenters. The summed E-state index contributed by atoms with van der Waals surface area (Å²) in [5.41, 5.74) is 1.03. The Morgan fingerprint density at radius 3 is 2.62 bits per heavy atom. The van der Waals surface area contributed by atoms with Gasteiger partial charge in [0.05, 0.1) is 18.6 Å². The van der Waals surface area contributed by atoms with Crippen LogP contribution >= 0.6 is 0 Å². The van der Waals surface area contributed by atoms with E-state index in [1.807, 2.05) is 26.0 Å². The molecular weight excluding hydrogens is 392 g/mol. The lowest BCUT2D eigenvalue weighted by Crippen LogP contribution is -2.49. The Hall–Kier alpha value is -2.35. The quantitative estimate of drug-likeness (QED) is 0.712. The topological polar surface area (TPSA) is 89.7 Å². The van der Waals surface area contributed by atoms with Crippen LogP contribution in [-0.4, -0.2) is 49.2 Å². The fourth-order valence-electron chi connectivity index (χ4n) is 3.88. The second-order valence-electron chi connectivity index (χ2n) is 7.72. The van der Waals surface area contributed by atoms with E-state index < -0.39 is 15.6 Å². The second kappa shape index (κ2) is 8.57. The van der Waals surface area contributed by atoms with E-state index in [0.29, 0.717) is 28.7 Å². The summed E-state index contributed by atoms with van der Waals surface area (Å²) in [5.74, 6) is 0.244. The molecule has 1 saturated heterocycles. The Morgan fingerprint density at radius 1 is 1.28 bits per heavy atom. The minimum absolute atomic E-state index is 0.0647. The third-order valence-electron chi connectivity index (χ3n) is 5.39. The number of sulfone groups is 1. The minimum Gasteiger partial charge on any atom is -0.497 e. The number of carbonyl (C=O) groups excluding carboxylic acids is 1. The Bertz CT molecular complexity index is 973. The molecule has 2 heterocycles. The van der Waals surface area contributed by atoms with E-state index in [1.165, 1.54) is 0 Å². The number of aromatic nitrogens is 1. The number of nitrogens with zero attached hydrogens (tertiary/aromatic N) is 2. The molecule has 0 bridgehead atoms. The normalized spacial score (nSPS) is 19.9. The summed E-state index contributed by atoms with van der Waals surface area (Å²) >= 11 is 0. The number of amides is 1. The zero-order valence-electron chi connectivity index (χ0n) is 17.3. The zero-order chi connectivity index (χ0) is 21.2. The van der Waals surface area contributed by atoms with Crippen LogP contribution in [0, 0.1) is 6.92 Å². The monoisotopic (exact) mass is 420 g/mol. The van der Waals surface area contributed by atoms with Gasteiger partial charge in [0.1, 0.15) is 17.3 Å². The van der Waals surface area contributed by atoms with Crippen LogP contribution in [0.5, 0.6) is 5.75 Å². The van der Waals surface area contributed by atoms with Gasteiger partial charge in [0, 0.05) is 17.6 Å². The van der Waals surface area contributed by atoms with Gasteiger partial charge in [0.15, 0.2) is 9.84 Å². The van der Waals surface area contributed by atoms with Crippen LogP contribution < -0.4 is 4.74 Å². The number of rotatable bonds is 6. The Balaban J connectivity index is 1.75. The van der Waals surface area contributed by atoms with Crippen LogP contribution in [0.1, 0.15) is 44.6 Å². The Labute approximate surface area is 172 Å². The molecule has 1 aromatic heterocycles. The van der Waals surface area contributed by atoms with E-state index in [-0.39, 0.29) is 23.7 Å². The molecule has 1 amide bonds. The van der Waals surface area contributed by atoms with Gasteiger partial charge in [-0.1, -0.05) is 6.07 Å². The number of benzene rings is 1. The number of methoxy groups -OCH3 is 1. The van der Waals surface area contributed by atoms with Crippen molar-refractivity contribution in [2.75, 3.05) is 12.9 Å². The third kappa shape index (κ3) is 4.98. The molecule has 1 aromatic carbocycles. The number of ether oxygens (including phenoxy) is 1. The summed E-state index contributed by atoms with van der Waals surface area (Å²) in [4.78, 5) is 18.8. The third-order valence-corrected chi connectivity index (χ3v) is 6.79. The second-order valence-corrected chi connectivity index (χ2v) is 9.78. The van der Waals surface area contributed by atoms with E-state index in [0.717, 1.165) is 19.3 Å². The molecule has 0 radical (unpaired) electrons. The van der Waals surface area contributed by atoms with Gasteiger partial charge < -0.3 is 14.1 Å². The predicted molar refractivity (Wildman–Crippen MR) is 110 cm³/mol. The molecule has 29 heavy (non-hydrogen) atoms. The molecule has 2 atom stereocenters. The minimum atomic E-state index is -3.67. The fourth-order valence-corrected chi connectivity index (χ4v) is 5.19. The SMILES string of the molecule is COc1cccc(-c2nc(CS(=O)(=O)CC(=O)N3C(C)CCCC3C)c(C)o2)c1. The van der Waals surface area contributed by atoms with Gasteiger partial charge in [0.25, 0.3) is 0 Å². The maximum Gasteiger partial charge on any atom is 0.238 e. The van der Waals surface area contributed by atoms with E-state index in [2.05, 4.69) is 4.98 Å². The summed E-state index contributed by atoms with van der Waals surface area (Å²) in [6.07, 6.45) is 2.87. The molecule has 7 nitrogen and oxygen atoms in total. The smallest absolute Gasteiger partial charge is 0.238 e. The number of piperidine rings is 1. The van der Waals surface area contributed by atoms with Crippen molar-refractivity contribution in [2.24, 2.45) is 0 Å². The number of hydrogen-bond donors (Lipinski definition) is 0. The summed E-state index contributed by atoms with van der Waals surface area (Å²) in [6, 6.07) is 7.33. The average molecular weight is 421 g/mol. The molecule has 1 fully saturated rings. The predicted octanol–water partition coefficient (Wildman–Crippen LogP) is 3.36. The van der Waals surface area contributed by atoms with Crippen LogP contribution in [0.15, 0.2) is 28.7 Å². The van der Waals surface area contributed by atoms with E-state index in [4.69, 9.17) is 9.15 Å². The average Bonchev–Trinajstić information content (AvgIpc) is 3.01. The molecular formula is C21H28N2O5S. The zero-order valence-corrected chi connectivity index (χ0v) is 18.2. The van der Waals surface area contributed by atoms with Crippen molar-refractivity contribution >= 4 is 15.7 Å². The van der Waals surface area contributed by atoms with E-state index in [9.17, 15) is 13.2 Å². The van der Waals surface area contributed by atoms with Gasteiger partial charge in [-0.3, -0.25) is 4.79 Å². The summed E-state index contributed by atoms with van der Waals surface area (Å²) in [6.45, 7) is 5.63. The van der Waals surface area contributed by atoms with Crippen LogP contribution in [-0.2, 0) is 20.4 Å². The Kier molecular flexibility index (Phi) is 6.31. The van der Waals surface area contributed by atoms with Crippen LogP contribution in [0.4, 0.5) is 0 Å². The van der Waals surface area contributed by atoms with Gasteiger partial charge in [-0.05, 0) is 58.2 Å². The van der Waals surface area contributed by atoms with Crippen molar-refractivity contribution in [3.8, 4) is 17.2 Å². The van der Waals surface area contributed by atoms with E-state index in [1.54, 1.807) is 31.1 Å². The van der Waals surface area contributed by atoms with E-state index >= 15 is 0 Å². The van der Waals surface area contributed by atoms with Crippen molar-refractivity contribution < 1.29 is 22.4 Å². The van der Waals surface area contributed by atoms with Gasteiger partial charge in [-0.25, -0.2) is 13.4 Å². The highest BCUT2D eigenvalue weighted by molar-refractivity contribution is 7.91. The lowest BCUT2D eigenvalue weighted by molar-refractivity contribution is -0.134. The number of aryl methyl sites for hydroxylation is 1. The van der Waals surface area contributed by atoms with Crippen LogP contribution in [0.25, 0.3) is 11.5 Å². The lowest BCUT2D eigenvalue weighted by atomic mass is 9.98. The highest BCUT2D eigenvalue weighted by Crippen LogP contribution is 2.27. The van der Waals surface area contributed by atoms with Gasteiger partial charge >= 0.3 is 0 Å². The van der Waals surface area contributed by atoms with Crippen molar-refractivity contribution in [1.82, 2.24) is 9.88 Å². The van der Waals surface area contributed by atoms with Crippen molar-refractivity contribution in [1.29, 1.82) is 0 Å². The van der Waals surface area contributed by atoms with Gasteiger partial charge in [0.2, 0.25) is 11.8 Å². The molecule has 2 aromatic rings. The largest absolute Gasteiger partial charge is 0.497 e. The molecule has 158 valence electrons. The molecule has 8 heteroatoms. The van der Waals surface area contributed by atoms with Crippen molar-refractivity contribution in [3.05, 3.63) is 35.7 Å². The Morgan fingerprint density at radius 2 is 1.97 bits per heavy atom. The molecule has 0 spiro atoms. The maximum absolute atomic E-state index is 12.7. The first-order valence-electron chi connectivity index (χ1n) is 9.82. The first-order chi connectivity index (χ1) is 13.7. The van der Waals surface area contributed by atoms with Crippen molar-refractivity contribution in [2.45, 2.75) is 57.9 Å². The summed E-state index contributed by atoms with van der Waals surface area (Å²) in [7, 11) is -2.10. The highest BCUT2D eigenvalue weighted by atomic mass is 32.2. The molecule has 1 aliphatic rings. The molecule has 0 N–H and O–H groups in total. The maximum atomic E-state index is 12.7. The van der Waals surface area contributed by atoms with Crippen LogP contribution in [0.2, 0.25) is 0 Å². The van der Waals surface area contributed by atoms with Crippen molar-refractivity contribution in [3.63, 3.8) is 0 Å². The number of hydrogen-bond acceptors (Lipinski definition) is 6. The first kappa shape index (κ1) is 21.4. The number of carbonyl (C=O) groups is 1. The first-order valence-corrected chi connectivity index (χ1v) is 11.6. The fraction of sp³-hybridized carbons (Fsp3) is 0.524. The lowest BCUT2D eigenvalue weighted by Gasteiger charge is -2.39. The summed E-state index contributed by atoms with van der Waals surface area (Å²) < 4.78 is 36.3. The van der Waals surface area contributed by atoms with Crippen LogP contribution in [0.3, 0.4) is 0 Å². The molecule has 1 aliphatic heterocycles.